The topological polar surface area (TPSA) is 32.3 Å². The van der Waals surface area contributed by atoms with Crippen LogP contribution >= 0.6 is 11.6 Å². The highest BCUT2D eigenvalue weighted by Gasteiger charge is 2.53. The molecule has 2 aliphatic heterocycles. The van der Waals surface area contributed by atoms with Gasteiger partial charge in [0.05, 0.1) is 5.41 Å². The SMILES string of the molecule is BC(B)(B)N1C(=O)C2(CCNCC2)c2cc(Cl)ccc21. The summed E-state index contributed by atoms with van der Waals surface area (Å²) in [5.41, 5.74) is 1.78. The van der Waals surface area contributed by atoms with Gasteiger partial charge in [0.2, 0.25) is 5.91 Å². The second-order valence-corrected chi connectivity index (χ2v) is 7.24. The summed E-state index contributed by atoms with van der Waals surface area (Å²) in [6, 6.07) is 5.87. The Hall–Kier alpha value is -0.865. The van der Waals surface area contributed by atoms with Crippen molar-refractivity contribution in [3.05, 3.63) is 28.8 Å². The number of halogens is 1. The number of hydrogen-bond acceptors (Lipinski definition) is 2. The lowest BCUT2D eigenvalue weighted by Gasteiger charge is -2.37. The van der Waals surface area contributed by atoms with E-state index in [1.54, 1.807) is 0 Å². The van der Waals surface area contributed by atoms with E-state index >= 15 is 0 Å². The molecule has 1 aromatic rings. The summed E-state index contributed by atoms with van der Waals surface area (Å²) >= 11 is 6.19. The van der Waals surface area contributed by atoms with Crippen LogP contribution in [0.2, 0.25) is 5.02 Å². The molecule has 1 amide bonds. The van der Waals surface area contributed by atoms with Crippen molar-refractivity contribution in [3.63, 3.8) is 0 Å². The van der Waals surface area contributed by atoms with E-state index in [1.807, 2.05) is 23.1 Å². The average molecular weight is 286 g/mol. The van der Waals surface area contributed by atoms with E-state index in [0.29, 0.717) is 5.02 Å². The van der Waals surface area contributed by atoms with Crippen LogP contribution in [0.5, 0.6) is 0 Å². The molecule has 0 aliphatic carbocycles. The number of nitrogens with zero attached hydrogens (tertiary/aromatic N) is 1. The third kappa shape index (κ3) is 1.93. The predicted molar refractivity (Wildman–Crippen MR) is 91.1 cm³/mol. The van der Waals surface area contributed by atoms with Gasteiger partial charge in [-0.25, -0.2) is 0 Å². The van der Waals surface area contributed by atoms with Crippen molar-refractivity contribution in [3.8, 4) is 0 Å². The molecule has 1 saturated heterocycles. The van der Waals surface area contributed by atoms with Crippen molar-refractivity contribution in [2.24, 2.45) is 0 Å². The Morgan fingerprint density at radius 2 is 1.90 bits per heavy atom. The minimum atomic E-state index is -0.376. The summed E-state index contributed by atoms with van der Waals surface area (Å²) in [5.74, 6) is 0.240. The van der Waals surface area contributed by atoms with Crippen LogP contribution in [0, 0.1) is 0 Å². The molecular formula is C13H18B3ClN2O. The highest BCUT2D eigenvalue weighted by Crippen LogP contribution is 2.49. The Labute approximate surface area is 127 Å². The van der Waals surface area contributed by atoms with Crippen LogP contribution in [0.25, 0.3) is 0 Å². The maximum Gasteiger partial charge on any atom is 0.236 e. The molecule has 3 rings (SSSR count). The number of rotatable bonds is 1. The number of hydrogen-bond donors (Lipinski definition) is 1. The van der Waals surface area contributed by atoms with Gasteiger partial charge in [0.1, 0.15) is 23.5 Å². The van der Waals surface area contributed by atoms with Gasteiger partial charge in [0.15, 0.2) is 0 Å². The van der Waals surface area contributed by atoms with Crippen LogP contribution in [0.15, 0.2) is 18.2 Å². The van der Waals surface area contributed by atoms with Gasteiger partial charge in [-0.3, -0.25) is 4.79 Å². The molecule has 20 heavy (non-hydrogen) atoms. The zero-order valence-corrected chi connectivity index (χ0v) is 13.0. The van der Waals surface area contributed by atoms with Gasteiger partial charge in [-0.1, -0.05) is 11.6 Å². The van der Waals surface area contributed by atoms with Crippen LogP contribution in [0.1, 0.15) is 18.4 Å². The number of piperidine rings is 1. The van der Waals surface area contributed by atoms with E-state index in [1.165, 1.54) is 0 Å². The molecule has 2 aliphatic rings. The Kier molecular flexibility index (Phi) is 3.22. The summed E-state index contributed by atoms with van der Waals surface area (Å²) in [7, 11) is 6.26. The number of carbonyl (C=O) groups excluding carboxylic acids is 1. The molecule has 3 nitrogen and oxygen atoms in total. The summed E-state index contributed by atoms with van der Waals surface area (Å²) < 4.78 is 0. The number of nitrogens with one attached hydrogen (secondary N) is 1. The minimum Gasteiger partial charge on any atom is -0.329 e. The fourth-order valence-corrected chi connectivity index (χ4v) is 3.70. The lowest BCUT2D eigenvalue weighted by Crippen LogP contribution is -2.57. The fraction of sp³-hybridized carbons (Fsp3) is 0.462. The predicted octanol–water partition coefficient (Wildman–Crippen LogP) is -1.18. The normalized spacial score (nSPS) is 21.2. The number of carbonyl (C=O) groups is 1. The molecule has 0 bridgehead atoms. The first-order valence-electron chi connectivity index (χ1n) is 7.22. The molecule has 102 valence electrons. The van der Waals surface area contributed by atoms with Gasteiger partial charge < -0.3 is 10.2 Å². The largest absolute Gasteiger partial charge is 0.329 e. The Balaban J connectivity index is 2.20. The quantitative estimate of drug-likeness (QED) is 0.659. The summed E-state index contributed by atoms with van der Waals surface area (Å²) in [6.07, 6.45) is 1.71. The van der Waals surface area contributed by atoms with E-state index in [-0.39, 0.29) is 16.6 Å². The van der Waals surface area contributed by atoms with Crippen LogP contribution in [-0.2, 0) is 10.2 Å². The molecule has 0 atom stereocenters. The van der Waals surface area contributed by atoms with E-state index in [9.17, 15) is 4.79 Å². The average Bonchev–Trinajstić information content (AvgIpc) is 2.61. The molecule has 0 saturated carbocycles. The third-order valence-electron chi connectivity index (χ3n) is 4.46. The fourth-order valence-electron chi connectivity index (χ4n) is 3.53. The molecule has 1 N–H and O–H groups in total. The number of fused-ring (bicyclic) bond motifs is 2. The van der Waals surface area contributed by atoms with E-state index in [4.69, 9.17) is 11.6 Å². The molecule has 0 radical (unpaired) electrons. The van der Waals surface area contributed by atoms with Crippen LogP contribution in [0.3, 0.4) is 0 Å². The highest BCUT2D eigenvalue weighted by molar-refractivity contribution is 6.62. The zero-order chi connectivity index (χ0) is 14.5. The molecule has 2 heterocycles. The van der Waals surface area contributed by atoms with Gasteiger partial charge in [-0.05, 0) is 54.9 Å². The standard InChI is InChI=1S/C13H18B3ClN2O/c14-13(15,16)19-10-2-1-8(17)7-9(10)12(11(19)20)3-5-18-6-4-12/h1-2,7,18H,3-6,14-16H2. The first-order chi connectivity index (χ1) is 9.36. The highest BCUT2D eigenvalue weighted by atomic mass is 35.5. The number of amides is 1. The van der Waals surface area contributed by atoms with Crippen molar-refractivity contribution in [1.29, 1.82) is 0 Å². The van der Waals surface area contributed by atoms with Crippen molar-refractivity contribution < 1.29 is 4.79 Å². The maximum absolute atomic E-state index is 13.2. The maximum atomic E-state index is 13.2. The smallest absolute Gasteiger partial charge is 0.236 e. The van der Waals surface area contributed by atoms with Crippen molar-refractivity contribution in [2.45, 2.75) is 23.5 Å². The summed E-state index contributed by atoms with van der Waals surface area (Å²) in [4.78, 5) is 15.1. The lowest BCUT2D eigenvalue weighted by molar-refractivity contribution is -0.124. The minimum absolute atomic E-state index is 0.214. The zero-order valence-electron chi connectivity index (χ0n) is 12.3. The van der Waals surface area contributed by atoms with E-state index in [2.05, 4.69) is 28.9 Å². The number of anilines is 1. The summed E-state index contributed by atoms with van der Waals surface area (Å²) in [5, 5.41) is 3.85. The van der Waals surface area contributed by atoms with Gasteiger partial charge in [0.25, 0.3) is 0 Å². The monoisotopic (exact) mass is 286 g/mol. The van der Waals surface area contributed by atoms with Gasteiger partial charge in [0, 0.05) is 10.7 Å². The first-order valence-corrected chi connectivity index (χ1v) is 7.59. The van der Waals surface area contributed by atoms with Crippen LogP contribution in [0.4, 0.5) is 5.69 Å². The Bertz CT molecular complexity index is 567. The van der Waals surface area contributed by atoms with Gasteiger partial charge >= 0.3 is 0 Å². The molecular weight excluding hydrogens is 268 g/mol. The van der Waals surface area contributed by atoms with Gasteiger partial charge in [-0.2, -0.15) is 0 Å². The van der Waals surface area contributed by atoms with E-state index < -0.39 is 0 Å². The van der Waals surface area contributed by atoms with Crippen LogP contribution in [-0.4, -0.2) is 47.8 Å². The second-order valence-electron chi connectivity index (χ2n) is 6.80. The second kappa shape index (κ2) is 4.57. The van der Waals surface area contributed by atoms with E-state index in [0.717, 1.165) is 37.2 Å². The lowest BCUT2D eigenvalue weighted by atomic mass is 9.48. The molecule has 1 aromatic carbocycles. The molecule has 0 aromatic heterocycles. The first kappa shape index (κ1) is 14.1. The number of benzene rings is 1. The van der Waals surface area contributed by atoms with Gasteiger partial charge in [-0.15, -0.1) is 0 Å². The molecule has 1 fully saturated rings. The summed E-state index contributed by atoms with van der Waals surface area (Å²) in [6.45, 7) is 1.77. The molecule has 0 unspecified atom stereocenters. The molecule has 7 heteroatoms. The Morgan fingerprint density at radius 3 is 2.50 bits per heavy atom. The molecule has 1 spiro atoms. The third-order valence-corrected chi connectivity index (χ3v) is 4.69. The van der Waals surface area contributed by atoms with Crippen LogP contribution < -0.4 is 10.2 Å². The van der Waals surface area contributed by atoms with Crippen molar-refractivity contribution >= 4 is 46.7 Å². The van der Waals surface area contributed by atoms with Crippen molar-refractivity contribution in [2.75, 3.05) is 18.0 Å². The van der Waals surface area contributed by atoms with Crippen molar-refractivity contribution in [1.82, 2.24) is 5.32 Å². The Morgan fingerprint density at radius 1 is 1.25 bits per heavy atom.